The van der Waals surface area contributed by atoms with E-state index >= 15 is 0 Å². The number of nitrogens with zero attached hydrogens (tertiary/aromatic N) is 2. The summed E-state index contributed by atoms with van der Waals surface area (Å²) in [5.41, 5.74) is 1.22. The Labute approximate surface area is 124 Å². The predicted molar refractivity (Wildman–Crippen MR) is 75.9 cm³/mol. The van der Waals surface area contributed by atoms with E-state index in [1.165, 1.54) is 6.07 Å². The summed E-state index contributed by atoms with van der Waals surface area (Å²) in [5, 5.41) is 4.40. The molecular formula is C14H12ClFN2OS. The highest BCUT2D eigenvalue weighted by molar-refractivity contribution is 7.08. The highest BCUT2D eigenvalue weighted by Gasteiger charge is 2.31. The van der Waals surface area contributed by atoms with Crippen LogP contribution < -0.4 is 0 Å². The molecule has 0 radical (unpaired) electrons. The topological polar surface area (TPSA) is 42.9 Å². The van der Waals surface area contributed by atoms with Gasteiger partial charge in [-0.2, -0.15) is 0 Å². The first-order valence-electron chi connectivity index (χ1n) is 6.45. The van der Waals surface area contributed by atoms with Crippen molar-refractivity contribution in [3.8, 4) is 0 Å². The van der Waals surface area contributed by atoms with E-state index in [0.29, 0.717) is 27.8 Å². The van der Waals surface area contributed by atoms with Gasteiger partial charge in [0.15, 0.2) is 5.78 Å². The van der Waals surface area contributed by atoms with Gasteiger partial charge >= 0.3 is 0 Å². The molecule has 1 fully saturated rings. The first kappa shape index (κ1) is 13.6. The Kier molecular flexibility index (Phi) is 3.81. The van der Waals surface area contributed by atoms with Crippen LogP contribution in [-0.2, 0) is 6.42 Å². The number of halogens is 2. The zero-order valence-corrected chi connectivity index (χ0v) is 12.2. The largest absolute Gasteiger partial charge is 0.293 e. The SMILES string of the molecule is O=C(CCc1c(F)cccc1Cl)c1snnc1C1CC1. The lowest BCUT2D eigenvalue weighted by atomic mass is 10.0. The molecule has 0 aliphatic heterocycles. The van der Waals surface area contributed by atoms with Crippen LogP contribution >= 0.6 is 23.1 Å². The van der Waals surface area contributed by atoms with E-state index in [1.54, 1.807) is 12.1 Å². The third-order valence-corrected chi connectivity index (χ3v) is 4.53. The van der Waals surface area contributed by atoms with E-state index in [2.05, 4.69) is 9.59 Å². The molecule has 1 aromatic carbocycles. The van der Waals surface area contributed by atoms with Gasteiger partial charge in [0.2, 0.25) is 0 Å². The smallest absolute Gasteiger partial charge is 0.176 e. The molecule has 104 valence electrons. The van der Waals surface area contributed by atoms with Crippen molar-refractivity contribution in [1.82, 2.24) is 9.59 Å². The maximum absolute atomic E-state index is 13.6. The second kappa shape index (κ2) is 5.58. The summed E-state index contributed by atoms with van der Waals surface area (Å²) >= 11 is 7.09. The Morgan fingerprint density at radius 3 is 2.95 bits per heavy atom. The summed E-state index contributed by atoms with van der Waals surface area (Å²) < 4.78 is 17.5. The van der Waals surface area contributed by atoms with Crippen molar-refractivity contribution in [3.63, 3.8) is 0 Å². The predicted octanol–water partition coefficient (Wildman–Crippen LogP) is 4.02. The summed E-state index contributed by atoms with van der Waals surface area (Å²) in [6.45, 7) is 0. The molecule has 0 bridgehead atoms. The molecule has 6 heteroatoms. The Morgan fingerprint density at radius 2 is 2.25 bits per heavy atom. The summed E-state index contributed by atoms with van der Waals surface area (Å²) in [4.78, 5) is 12.8. The maximum Gasteiger partial charge on any atom is 0.176 e. The van der Waals surface area contributed by atoms with Crippen molar-refractivity contribution in [2.45, 2.75) is 31.6 Å². The van der Waals surface area contributed by atoms with Gasteiger partial charge in [-0.15, -0.1) is 5.10 Å². The number of carbonyl (C=O) groups is 1. The van der Waals surface area contributed by atoms with Crippen molar-refractivity contribution >= 4 is 28.9 Å². The fraction of sp³-hybridized carbons (Fsp3) is 0.357. The number of ketones is 1. The first-order chi connectivity index (χ1) is 9.66. The summed E-state index contributed by atoms with van der Waals surface area (Å²) in [7, 11) is 0. The molecule has 0 N–H and O–H groups in total. The molecule has 3 nitrogen and oxygen atoms in total. The lowest BCUT2D eigenvalue weighted by molar-refractivity contribution is 0.0985. The van der Waals surface area contributed by atoms with Crippen molar-refractivity contribution < 1.29 is 9.18 Å². The van der Waals surface area contributed by atoms with Gasteiger partial charge in [0.25, 0.3) is 0 Å². The van der Waals surface area contributed by atoms with Gasteiger partial charge < -0.3 is 0 Å². The second-order valence-corrected chi connectivity index (χ2v) is 6.05. The van der Waals surface area contributed by atoms with E-state index in [-0.39, 0.29) is 18.0 Å². The molecule has 1 aliphatic rings. The van der Waals surface area contributed by atoms with Crippen LogP contribution in [-0.4, -0.2) is 15.4 Å². The molecule has 20 heavy (non-hydrogen) atoms. The highest BCUT2D eigenvalue weighted by atomic mass is 35.5. The number of Topliss-reactive ketones (excluding diaryl/α,β-unsaturated/α-hetero) is 1. The van der Waals surface area contributed by atoms with Crippen molar-refractivity contribution in [3.05, 3.63) is 45.2 Å². The van der Waals surface area contributed by atoms with Crippen LogP contribution in [0, 0.1) is 5.82 Å². The average molecular weight is 311 g/mol. The number of carbonyl (C=O) groups excluding carboxylic acids is 1. The second-order valence-electron chi connectivity index (χ2n) is 4.88. The number of hydrogen-bond donors (Lipinski definition) is 0. The van der Waals surface area contributed by atoms with Gasteiger partial charge in [0.1, 0.15) is 10.7 Å². The van der Waals surface area contributed by atoms with Gasteiger partial charge in [0, 0.05) is 22.9 Å². The minimum atomic E-state index is -0.366. The minimum Gasteiger partial charge on any atom is -0.293 e. The molecule has 1 heterocycles. The number of rotatable bonds is 5. The minimum absolute atomic E-state index is 0.0266. The van der Waals surface area contributed by atoms with Gasteiger partial charge in [0.05, 0.1) is 5.69 Å². The third kappa shape index (κ3) is 2.74. The van der Waals surface area contributed by atoms with Crippen LogP contribution in [0.2, 0.25) is 5.02 Å². The molecule has 1 aromatic heterocycles. The van der Waals surface area contributed by atoms with E-state index in [9.17, 15) is 9.18 Å². The fourth-order valence-corrected chi connectivity index (χ4v) is 3.11. The molecule has 2 aromatic rings. The van der Waals surface area contributed by atoms with Gasteiger partial charge in [-0.3, -0.25) is 4.79 Å². The molecular weight excluding hydrogens is 299 g/mol. The summed E-state index contributed by atoms with van der Waals surface area (Å²) in [5.74, 6) is 0.00103. The summed E-state index contributed by atoms with van der Waals surface area (Å²) in [6.07, 6.45) is 2.67. The zero-order chi connectivity index (χ0) is 14.1. The maximum atomic E-state index is 13.6. The van der Waals surface area contributed by atoms with E-state index in [4.69, 9.17) is 11.6 Å². The van der Waals surface area contributed by atoms with Crippen LogP contribution in [0.15, 0.2) is 18.2 Å². The van der Waals surface area contributed by atoms with Crippen molar-refractivity contribution in [2.75, 3.05) is 0 Å². The van der Waals surface area contributed by atoms with Gasteiger partial charge in [-0.1, -0.05) is 22.2 Å². The van der Waals surface area contributed by atoms with Crippen LogP contribution in [0.25, 0.3) is 0 Å². The number of benzene rings is 1. The Balaban J connectivity index is 1.72. The lowest BCUT2D eigenvalue weighted by Crippen LogP contribution is -2.03. The molecule has 0 amide bonds. The van der Waals surface area contributed by atoms with Crippen molar-refractivity contribution in [1.29, 1.82) is 0 Å². The van der Waals surface area contributed by atoms with E-state index < -0.39 is 0 Å². The molecule has 0 saturated heterocycles. The Bertz CT molecular complexity index is 634. The quantitative estimate of drug-likeness (QED) is 0.783. The molecule has 3 rings (SSSR count). The Morgan fingerprint density at radius 1 is 1.45 bits per heavy atom. The number of hydrogen-bond acceptors (Lipinski definition) is 4. The highest BCUT2D eigenvalue weighted by Crippen LogP contribution is 2.41. The summed E-state index contributed by atoms with van der Waals surface area (Å²) in [6, 6.07) is 4.55. The van der Waals surface area contributed by atoms with Crippen LogP contribution in [0.3, 0.4) is 0 Å². The average Bonchev–Trinajstić information content (AvgIpc) is 3.15. The van der Waals surface area contributed by atoms with Crippen LogP contribution in [0.4, 0.5) is 4.39 Å². The molecule has 0 atom stereocenters. The van der Waals surface area contributed by atoms with Crippen molar-refractivity contribution in [2.24, 2.45) is 0 Å². The molecule has 1 aliphatic carbocycles. The lowest BCUT2D eigenvalue weighted by Gasteiger charge is -2.05. The third-order valence-electron chi connectivity index (χ3n) is 3.39. The zero-order valence-electron chi connectivity index (χ0n) is 10.6. The Hall–Kier alpha value is -1.33. The molecule has 1 saturated carbocycles. The number of aromatic nitrogens is 2. The normalized spacial score (nSPS) is 14.5. The van der Waals surface area contributed by atoms with Crippen LogP contribution in [0.1, 0.15) is 46.1 Å². The van der Waals surface area contributed by atoms with E-state index in [1.807, 2.05) is 0 Å². The fourth-order valence-electron chi connectivity index (χ4n) is 2.14. The van der Waals surface area contributed by atoms with Gasteiger partial charge in [-0.05, 0) is 42.9 Å². The molecule has 0 spiro atoms. The van der Waals surface area contributed by atoms with Crippen LogP contribution in [0.5, 0.6) is 0 Å². The standard InChI is InChI=1S/C14H12ClFN2OS/c15-10-2-1-3-11(16)9(10)6-7-12(19)14-13(8-4-5-8)17-18-20-14/h1-3,8H,4-7H2. The van der Waals surface area contributed by atoms with E-state index in [0.717, 1.165) is 30.1 Å². The monoisotopic (exact) mass is 310 g/mol. The van der Waals surface area contributed by atoms with Gasteiger partial charge in [-0.25, -0.2) is 4.39 Å². The molecule has 0 unspecified atom stereocenters. The first-order valence-corrected chi connectivity index (χ1v) is 7.60.